The fourth-order valence-electron chi connectivity index (χ4n) is 2.72. The van der Waals surface area contributed by atoms with E-state index in [1.807, 2.05) is 36.4 Å². The maximum Gasteiger partial charge on any atom is 0.113 e. The summed E-state index contributed by atoms with van der Waals surface area (Å²) in [7, 11) is 0. The van der Waals surface area contributed by atoms with Gasteiger partial charge in [0, 0.05) is 19.0 Å². The summed E-state index contributed by atoms with van der Waals surface area (Å²) in [6.07, 6.45) is 3.31. The van der Waals surface area contributed by atoms with Gasteiger partial charge in [0.05, 0.1) is 37.3 Å². The van der Waals surface area contributed by atoms with Gasteiger partial charge in [0.2, 0.25) is 0 Å². The Hall–Kier alpha value is -1.86. The Bertz CT molecular complexity index is 596. The summed E-state index contributed by atoms with van der Waals surface area (Å²) in [4.78, 5) is 8.52. The number of rotatable bonds is 7. The van der Waals surface area contributed by atoms with Gasteiger partial charge in [-0.05, 0) is 30.7 Å². The third kappa shape index (κ3) is 4.58. The van der Waals surface area contributed by atoms with Crippen molar-refractivity contribution in [2.45, 2.75) is 37.9 Å². The highest BCUT2D eigenvalue weighted by Gasteiger charge is 2.35. The molecule has 1 saturated heterocycles. The Balaban J connectivity index is 1.61. The van der Waals surface area contributed by atoms with Crippen LogP contribution >= 0.6 is 0 Å². The summed E-state index contributed by atoms with van der Waals surface area (Å²) in [5, 5.41) is 9.57. The molecule has 0 unspecified atom stereocenters. The highest BCUT2D eigenvalue weighted by Crippen LogP contribution is 2.22. The molecule has 3 atom stereocenters. The monoisotopic (exact) mass is 330 g/mol. The van der Waals surface area contributed by atoms with Crippen molar-refractivity contribution >= 4 is 0 Å². The van der Waals surface area contributed by atoms with Crippen LogP contribution in [0, 0.1) is 0 Å². The van der Waals surface area contributed by atoms with Gasteiger partial charge in [0.15, 0.2) is 0 Å². The first-order valence-corrected chi connectivity index (χ1v) is 8.12. The first-order chi connectivity index (χ1) is 11.9. The Morgan fingerprint density at radius 1 is 1.00 bits per heavy atom. The van der Waals surface area contributed by atoms with Crippen LogP contribution in [0.1, 0.15) is 17.8 Å². The van der Waals surface area contributed by atoms with Crippen molar-refractivity contribution in [2.24, 2.45) is 0 Å². The molecule has 1 N–H and O–H groups in total. The summed E-state index contributed by atoms with van der Waals surface area (Å²) < 4.78 is 17.6. The van der Waals surface area contributed by atoms with E-state index in [1.54, 1.807) is 12.4 Å². The van der Waals surface area contributed by atoms with Crippen LogP contribution < -0.4 is 0 Å². The minimum atomic E-state index is -0.392. The number of hydrogen-bond acceptors (Lipinski definition) is 6. The van der Waals surface area contributed by atoms with E-state index in [4.69, 9.17) is 14.2 Å². The van der Waals surface area contributed by atoms with E-state index < -0.39 is 6.10 Å². The van der Waals surface area contributed by atoms with Crippen LogP contribution in [0.25, 0.3) is 0 Å². The van der Waals surface area contributed by atoms with Crippen LogP contribution in [0.3, 0.4) is 0 Å². The van der Waals surface area contributed by atoms with E-state index in [2.05, 4.69) is 9.97 Å². The molecule has 0 spiro atoms. The van der Waals surface area contributed by atoms with Gasteiger partial charge in [-0.2, -0.15) is 0 Å². The number of aromatic nitrogens is 2. The molecular formula is C18H22N2O4. The van der Waals surface area contributed by atoms with E-state index in [0.29, 0.717) is 19.8 Å². The maximum atomic E-state index is 9.57. The molecule has 24 heavy (non-hydrogen) atoms. The van der Waals surface area contributed by atoms with Crippen LogP contribution in [-0.2, 0) is 27.4 Å². The van der Waals surface area contributed by atoms with E-state index in [1.165, 1.54) is 0 Å². The van der Waals surface area contributed by atoms with Crippen LogP contribution in [-0.4, -0.2) is 46.6 Å². The number of ether oxygens (including phenoxy) is 3. The quantitative estimate of drug-likeness (QED) is 0.833. The van der Waals surface area contributed by atoms with Crippen molar-refractivity contribution in [1.29, 1.82) is 0 Å². The van der Waals surface area contributed by atoms with Gasteiger partial charge in [-0.3, -0.25) is 9.97 Å². The van der Waals surface area contributed by atoms with Crippen molar-refractivity contribution in [3.63, 3.8) is 0 Å². The van der Waals surface area contributed by atoms with Gasteiger partial charge < -0.3 is 19.3 Å². The Morgan fingerprint density at radius 2 is 1.67 bits per heavy atom. The lowest BCUT2D eigenvalue weighted by molar-refractivity contribution is -0.192. The minimum Gasteiger partial charge on any atom is -0.394 e. The molecule has 128 valence electrons. The summed E-state index contributed by atoms with van der Waals surface area (Å²) in [5.41, 5.74) is 1.70. The first-order valence-electron chi connectivity index (χ1n) is 8.12. The van der Waals surface area contributed by atoms with E-state index in [0.717, 1.165) is 17.8 Å². The average molecular weight is 330 g/mol. The molecule has 1 aliphatic rings. The number of nitrogens with zero attached hydrogens (tertiary/aromatic N) is 2. The second-order valence-corrected chi connectivity index (χ2v) is 5.65. The van der Waals surface area contributed by atoms with Crippen LogP contribution in [0.2, 0.25) is 0 Å². The van der Waals surface area contributed by atoms with Crippen molar-refractivity contribution in [3.8, 4) is 0 Å². The van der Waals surface area contributed by atoms with Gasteiger partial charge in [-0.25, -0.2) is 0 Å². The van der Waals surface area contributed by atoms with Gasteiger partial charge >= 0.3 is 0 Å². The fraction of sp³-hybridized carbons (Fsp3) is 0.444. The van der Waals surface area contributed by atoms with Crippen LogP contribution in [0.5, 0.6) is 0 Å². The number of aliphatic hydroxyl groups is 1. The molecule has 0 aliphatic carbocycles. The van der Waals surface area contributed by atoms with E-state index in [-0.39, 0.29) is 18.8 Å². The second-order valence-electron chi connectivity index (χ2n) is 5.65. The number of hydrogen-bond donors (Lipinski definition) is 1. The Kier molecular flexibility index (Phi) is 6.26. The second kappa shape index (κ2) is 8.84. The zero-order valence-corrected chi connectivity index (χ0v) is 13.5. The van der Waals surface area contributed by atoms with Crippen LogP contribution in [0.15, 0.2) is 48.8 Å². The lowest BCUT2D eigenvalue weighted by Gasteiger charge is -2.36. The topological polar surface area (TPSA) is 73.7 Å². The first kappa shape index (κ1) is 17.0. The normalized spacial score (nSPS) is 24.0. The molecule has 0 amide bonds. The molecule has 0 aromatic carbocycles. The molecule has 1 fully saturated rings. The van der Waals surface area contributed by atoms with E-state index >= 15 is 0 Å². The Labute approximate surface area is 141 Å². The number of aliphatic hydroxyl groups excluding tert-OH is 1. The van der Waals surface area contributed by atoms with Crippen molar-refractivity contribution in [2.75, 3.05) is 13.2 Å². The molecular weight excluding hydrogens is 308 g/mol. The van der Waals surface area contributed by atoms with Crippen molar-refractivity contribution in [1.82, 2.24) is 9.97 Å². The SMILES string of the molecule is OC[C@H]1OCC[C@@H](OCc2ccccn2)[C@H]1OCc1ccccn1. The zero-order chi connectivity index (χ0) is 16.6. The molecule has 0 radical (unpaired) electrons. The van der Waals surface area contributed by atoms with Gasteiger partial charge in [-0.15, -0.1) is 0 Å². The highest BCUT2D eigenvalue weighted by molar-refractivity contribution is 5.03. The molecule has 0 saturated carbocycles. The molecule has 2 aromatic heterocycles. The third-order valence-electron chi connectivity index (χ3n) is 3.97. The lowest BCUT2D eigenvalue weighted by Crippen LogP contribution is -2.49. The molecule has 3 rings (SSSR count). The summed E-state index contributed by atoms with van der Waals surface area (Å²) >= 11 is 0. The summed E-state index contributed by atoms with van der Waals surface area (Å²) in [5.74, 6) is 0. The van der Waals surface area contributed by atoms with Crippen molar-refractivity contribution in [3.05, 3.63) is 60.2 Å². The molecule has 0 bridgehead atoms. The van der Waals surface area contributed by atoms with Crippen LogP contribution in [0.4, 0.5) is 0 Å². The van der Waals surface area contributed by atoms with Crippen molar-refractivity contribution < 1.29 is 19.3 Å². The van der Waals surface area contributed by atoms with E-state index in [9.17, 15) is 5.11 Å². The van der Waals surface area contributed by atoms with Gasteiger partial charge in [0.25, 0.3) is 0 Å². The predicted molar refractivity (Wildman–Crippen MR) is 87.1 cm³/mol. The standard InChI is InChI=1S/C18H22N2O4/c21-11-17-18(24-13-15-6-2-4-9-20-15)16(7-10-22-17)23-12-14-5-1-3-8-19-14/h1-6,8-9,16-18,21H,7,10-13H2/t16-,17-,18-/m1/s1. The Morgan fingerprint density at radius 3 is 2.25 bits per heavy atom. The summed E-state index contributed by atoms with van der Waals surface area (Å²) in [6, 6.07) is 11.4. The largest absolute Gasteiger partial charge is 0.394 e. The lowest BCUT2D eigenvalue weighted by atomic mass is 10.0. The third-order valence-corrected chi connectivity index (χ3v) is 3.97. The predicted octanol–water partition coefficient (Wildman–Crippen LogP) is 1.73. The summed E-state index contributed by atoms with van der Waals surface area (Å²) in [6.45, 7) is 1.21. The molecule has 2 aromatic rings. The minimum absolute atomic E-state index is 0.101. The maximum absolute atomic E-state index is 9.57. The highest BCUT2D eigenvalue weighted by atomic mass is 16.6. The molecule has 1 aliphatic heterocycles. The average Bonchev–Trinajstić information content (AvgIpc) is 2.66. The van der Waals surface area contributed by atoms with Gasteiger partial charge in [0.1, 0.15) is 12.2 Å². The molecule has 6 nitrogen and oxygen atoms in total. The molecule has 6 heteroatoms. The zero-order valence-electron chi connectivity index (χ0n) is 13.5. The molecule has 3 heterocycles. The fourth-order valence-corrected chi connectivity index (χ4v) is 2.72. The number of pyridine rings is 2. The smallest absolute Gasteiger partial charge is 0.113 e. The van der Waals surface area contributed by atoms with Gasteiger partial charge in [-0.1, -0.05) is 12.1 Å².